The molecule has 1 N–H and O–H groups in total. The van der Waals surface area contributed by atoms with E-state index in [0.29, 0.717) is 74.7 Å². The fourth-order valence-electron chi connectivity index (χ4n) is 5.78. The summed E-state index contributed by atoms with van der Waals surface area (Å²) in [6, 6.07) is 8.00. The molecule has 2 aliphatic heterocycles. The summed E-state index contributed by atoms with van der Waals surface area (Å²) in [5.74, 6) is 0.0841. The molecule has 7 nitrogen and oxygen atoms in total. The number of carbonyl (C=O) groups excluding carboxylic acids is 1. The molecule has 3 aliphatic rings. The van der Waals surface area contributed by atoms with E-state index in [1.165, 1.54) is 6.07 Å². The molecule has 2 atom stereocenters. The number of carbonyl (C=O) groups is 2. The van der Waals surface area contributed by atoms with Crippen LogP contribution in [0.15, 0.2) is 30.3 Å². The van der Waals surface area contributed by atoms with Crippen LogP contribution in [0.25, 0.3) is 0 Å². The predicted octanol–water partition coefficient (Wildman–Crippen LogP) is 4.78. The van der Waals surface area contributed by atoms with Crippen molar-refractivity contribution in [3.8, 4) is 11.5 Å². The Morgan fingerprint density at radius 1 is 1.11 bits per heavy atom. The van der Waals surface area contributed by atoms with E-state index in [2.05, 4.69) is 0 Å². The highest BCUT2D eigenvalue weighted by Gasteiger charge is 2.38. The number of hydrogen-bond donors (Lipinski definition) is 1. The van der Waals surface area contributed by atoms with Gasteiger partial charge in [-0.3, -0.25) is 14.5 Å². The molecule has 0 aromatic heterocycles. The van der Waals surface area contributed by atoms with Gasteiger partial charge in [-0.1, -0.05) is 19.1 Å². The van der Waals surface area contributed by atoms with Gasteiger partial charge in [0.15, 0.2) is 0 Å². The highest BCUT2D eigenvalue weighted by atomic mass is 19.4. The largest absolute Gasteiger partial charge is 0.492 e. The quantitative estimate of drug-likeness (QED) is 0.553. The van der Waals surface area contributed by atoms with Crippen LogP contribution in [0, 0.1) is 0 Å². The standard InChI is InChI=1S/C28H31F3N2O5/c1-2-26(34)33-11-9-32(10-12-33)15-22-20-6-8-24(21(20)5-7-23(22)28(29,30)31)38-18-3-4-19-17(13-27(35)36)16-37-25(19)14-18/h3-5,7,14,17,24H,2,6,8-13,15-16H2,1H3,(H,35,36). The Morgan fingerprint density at radius 3 is 2.53 bits per heavy atom. The van der Waals surface area contributed by atoms with Gasteiger partial charge in [0.05, 0.1) is 18.6 Å². The SMILES string of the molecule is CCC(=O)N1CCN(Cc2c(C(F)(F)F)ccc3c2CCC3Oc2ccc3c(c2)OCC3CC(=O)O)CC1. The average Bonchev–Trinajstić information content (AvgIpc) is 3.47. The maximum absolute atomic E-state index is 14.0. The number of aliphatic carboxylic acids is 1. The first-order valence-corrected chi connectivity index (χ1v) is 13.0. The summed E-state index contributed by atoms with van der Waals surface area (Å²) in [6.07, 6.45) is -3.41. The molecule has 0 saturated carbocycles. The first kappa shape index (κ1) is 26.3. The molecule has 0 radical (unpaired) electrons. The molecule has 2 aromatic rings. The molecule has 1 aliphatic carbocycles. The first-order valence-electron chi connectivity index (χ1n) is 13.0. The van der Waals surface area contributed by atoms with Crippen molar-refractivity contribution in [2.24, 2.45) is 0 Å². The van der Waals surface area contributed by atoms with E-state index in [1.807, 2.05) is 17.9 Å². The number of nitrogens with zero attached hydrogens (tertiary/aromatic N) is 2. The Morgan fingerprint density at radius 2 is 1.84 bits per heavy atom. The Balaban J connectivity index is 1.35. The van der Waals surface area contributed by atoms with Crippen molar-refractivity contribution in [2.75, 3.05) is 32.8 Å². The van der Waals surface area contributed by atoms with Crippen LogP contribution in [0.4, 0.5) is 13.2 Å². The van der Waals surface area contributed by atoms with Crippen molar-refractivity contribution in [2.45, 2.75) is 57.3 Å². The lowest BCUT2D eigenvalue weighted by Crippen LogP contribution is -2.48. The third kappa shape index (κ3) is 5.32. The lowest BCUT2D eigenvalue weighted by molar-refractivity contribution is -0.139. The number of carboxylic acids is 1. The van der Waals surface area contributed by atoms with Crippen molar-refractivity contribution >= 4 is 11.9 Å². The maximum atomic E-state index is 14.0. The minimum Gasteiger partial charge on any atom is -0.492 e. The van der Waals surface area contributed by atoms with Gasteiger partial charge < -0.3 is 19.5 Å². The molecule has 1 amide bonds. The Kier molecular flexibility index (Phi) is 7.26. The minimum atomic E-state index is -4.47. The van der Waals surface area contributed by atoms with Gasteiger partial charge in [0, 0.05) is 56.7 Å². The summed E-state index contributed by atoms with van der Waals surface area (Å²) in [5.41, 5.74) is 1.96. The molecule has 2 aromatic carbocycles. The molecule has 1 fully saturated rings. The van der Waals surface area contributed by atoms with Crippen LogP contribution in [0.1, 0.15) is 66.0 Å². The van der Waals surface area contributed by atoms with Gasteiger partial charge in [0.2, 0.25) is 5.91 Å². The van der Waals surface area contributed by atoms with Crippen LogP contribution >= 0.6 is 0 Å². The Bertz CT molecular complexity index is 1220. The zero-order chi connectivity index (χ0) is 27.0. The molecule has 0 spiro atoms. The number of rotatable bonds is 7. The van der Waals surface area contributed by atoms with Crippen LogP contribution in [-0.2, 0) is 28.7 Å². The van der Waals surface area contributed by atoms with Crippen molar-refractivity contribution in [1.82, 2.24) is 9.80 Å². The van der Waals surface area contributed by atoms with E-state index >= 15 is 0 Å². The third-order valence-electron chi connectivity index (χ3n) is 7.75. The van der Waals surface area contributed by atoms with E-state index in [9.17, 15) is 22.8 Å². The van der Waals surface area contributed by atoms with Gasteiger partial charge in [-0.05, 0) is 41.7 Å². The molecule has 204 valence electrons. The number of ether oxygens (including phenoxy) is 2. The summed E-state index contributed by atoms with van der Waals surface area (Å²) in [5, 5.41) is 9.11. The smallest absolute Gasteiger partial charge is 0.416 e. The monoisotopic (exact) mass is 532 g/mol. The van der Waals surface area contributed by atoms with Crippen LogP contribution in [0.5, 0.6) is 11.5 Å². The van der Waals surface area contributed by atoms with E-state index in [4.69, 9.17) is 14.6 Å². The van der Waals surface area contributed by atoms with E-state index < -0.39 is 17.7 Å². The minimum absolute atomic E-state index is 0.0164. The number of carboxylic acid groups (broad SMARTS) is 1. The molecule has 5 rings (SSSR count). The molecular formula is C28H31F3N2O5. The zero-order valence-corrected chi connectivity index (χ0v) is 21.2. The molecule has 10 heteroatoms. The lowest BCUT2D eigenvalue weighted by Gasteiger charge is -2.35. The second-order valence-electron chi connectivity index (χ2n) is 10.1. The summed E-state index contributed by atoms with van der Waals surface area (Å²) in [4.78, 5) is 26.9. The normalized spacial score (nSPS) is 21.1. The lowest BCUT2D eigenvalue weighted by atomic mass is 9.96. The fraction of sp³-hybridized carbons (Fsp3) is 0.500. The highest BCUT2D eigenvalue weighted by molar-refractivity contribution is 5.75. The molecule has 0 bridgehead atoms. The number of amides is 1. The second-order valence-corrected chi connectivity index (χ2v) is 10.1. The van der Waals surface area contributed by atoms with Crippen LogP contribution in [-0.4, -0.2) is 59.6 Å². The third-order valence-corrected chi connectivity index (χ3v) is 7.75. The van der Waals surface area contributed by atoms with Crippen LogP contribution in [0.3, 0.4) is 0 Å². The van der Waals surface area contributed by atoms with Crippen LogP contribution < -0.4 is 9.47 Å². The van der Waals surface area contributed by atoms with E-state index in [-0.39, 0.29) is 30.9 Å². The summed E-state index contributed by atoms with van der Waals surface area (Å²) >= 11 is 0. The fourth-order valence-corrected chi connectivity index (χ4v) is 5.78. The summed E-state index contributed by atoms with van der Waals surface area (Å²) in [6.45, 7) is 4.38. The molecular weight excluding hydrogens is 501 g/mol. The van der Waals surface area contributed by atoms with Gasteiger partial charge in [-0.2, -0.15) is 13.2 Å². The average molecular weight is 533 g/mol. The zero-order valence-electron chi connectivity index (χ0n) is 21.2. The number of alkyl halides is 3. The topological polar surface area (TPSA) is 79.3 Å². The Hall–Kier alpha value is -3.27. The molecule has 2 unspecified atom stereocenters. The van der Waals surface area contributed by atoms with Gasteiger partial charge in [0.25, 0.3) is 0 Å². The van der Waals surface area contributed by atoms with Gasteiger partial charge in [-0.15, -0.1) is 0 Å². The van der Waals surface area contributed by atoms with Crippen LogP contribution in [0.2, 0.25) is 0 Å². The summed E-state index contributed by atoms with van der Waals surface area (Å²) in [7, 11) is 0. The first-order chi connectivity index (χ1) is 18.1. The molecule has 1 saturated heterocycles. The van der Waals surface area contributed by atoms with E-state index in [1.54, 1.807) is 17.0 Å². The number of hydrogen-bond acceptors (Lipinski definition) is 5. The highest BCUT2D eigenvalue weighted by Crippen LogP contribution is 2.44. The number of fused-ring (bicyclic) bond motifs is 2. The van der Waals surface area contributed by atoms with Gasteiger partial charge in [-0.25, -0.2) is 0 Å². The van der Waals surface area contributed by atoms with E-state index in [0.717, 1.165) is 17.2 Å². The van der Waals surface area contributed by atoms with Gasteiger partial charge in [0.1, 0.15) is 17.6 Å². The van der Waals surface area contributed by atoms with Crippen molar-refractivity contribution in [1.29, 1.82) is 0 Å². The number of benzene rings is 2. The Labute approximate surface area is 219 Å². The second kappa shape index (κ2) is 10.5. The van der Waals surface area contributed by atoms with Crippen molar-refractivity contribution in [3.63, 3.8) is 0 Å². The van der Waals surface area contributed by atoms with Gasteiger partial charge >= 0.3 is 12.1 Å². The van der Waals surface area contributed by atoms with Crippen molar-refractivity contribution < 1.29 is 37.3 Å². The molecule has 2 heterocycles. The summed E-state index contributed by atoms with van der Waals surface area (Å²) < 4.78 is 53.9. The number of piperazine rings is 1. The maximum Gasteiger partial charge on any atom is 0.416 e. The predicted molar refractivity (Wildman–Crippen MR) is 132 cm³/mol. The molecule has 38 heavy (non-hydrogen) atoms. The van der Waals surface area contributed by atoms with Crippen molar-refractivity contribution in [3.05, 3.63) is 58.1 Å². The number of halogens is 3.